The van der Waals surface area contributed by atoms with Crippen molar-refractivity contribution in [3.8, 4) is 11.1 Å². The van der Waals surface area contributed by atoms with Crippen LogP contribution in [-0.4, -0.2) is 9.78 Å². The van der Waals surface area contributed by atoms with Gasteiger partial charge in [0, 0.05) is 30.9 Å². The van der Waals surface area contributed by atoms with Gasteiger partial charge in [0.05, 0.1) is 5.69 Å². The Morgan fingerprint density at radius 1 is 1.33 bits per heavy atom. The van der Waals surface area contributed by atoms with Gasteiger partial charge in [-0.3, -0.25) is 4.68 Å². The third-order valence-corrected chi connectivity index (χ3v) is 2.96. The number of rotatable bonds is 3. The van der Waals surface area contributed by atoms with E-state index in [1.165, 1.54) is 6.07 Å². The van der Waals surface area contributed by atoms with Gasteiger partial charge in [0.25, 0.3) is 0 Å². The van der Waals surface area contributed by atoms with E-state index >= 15 is 0 Å². The molecule has 1 aromatic heterocycles. The third-order valence-electron chi connectivity index (χ3n) is 2.96. The van der Waals surface area contributed by atoms with Crippen LogP contribution in [0, 0.1) is 5.82 Å². The van der Waals surface area contributed by atoms with Gasteiger partial charge in [-0.1, -0.05) is 19.9 Å². The molecule has 0 bridgehead atoms. The lowest BCUT2D eigenvalue weighted by Gasteiger charge is -2.08. The molecule has 2 rings (SSSR count). The molecule has 4 heteroatoms. The molecule has 0 spiro atoms. The van der Waals surface area contributed by atoms with Crippen LogP contribution in [0.3, 0.4) is 0 Å². The van der Waals surface area contributed by atoms with Gasteiger partial charge in [0.15, 0.2) is 0 Å². The molecule has 2 aromatic rings. The van der Waals surface area contributed by atoms with Gasteiger partial charge in [0.2, 0.25) is 0 Å². The molecule has 0 saturated carbocycles. The molecular weight excluding hydrogens is 229 g/mol. The third kappa shape index (κ3) is 2.29. The van der Waals surface area contributed by atoms with Gasteiger partial charge in [-0.25, -0.2) is 4.39 Å². The zero-order chi connectivity index (χ0) is 13.3. The van der Waals surface area contributed by atoms with Crippen molar-refractivity contribution < 1.29 is 4.39 Å². The minimum absolute atomic E-state index is 0.234. The van der Waals surface area contributed by atoms with Crippen molar-refractivity contribution in [1.82, 2.24) is 9.78 Å². The Morgan fingerprint density at radius 3 is 2.67 bits per heavy atom. The molecule has 0 fully saturated rings. The maximum Gasteiger partial charge on any atom is 0.131 e. The number of nitrogens with two attached hydrogens (primary N) is 1. The second-order valence-corrected chi connectivity index (χ2v) is 4.77. The molecule has 0 aliphatic rings. The lowest BCUT2D eigenvalue weighted by molar-refractivity contribution is 0.630. The highest BCUT2D eigenvalue weighted by Gasteiger charge is 2.16. The predicted octanol–water partition coefficient (Wildman–Crippen LogP) is 2.81. The Balaban J connectivity index is 2.60. The van der Waals surface area contributed by atoms with Crippen LogP contribution >= 0.6 is 0 Å². The van der Waals surface area contributed by atoms with Crippen molar-refractivity contribution in [3.05, 3.63) is 41.5 Å². The number of hydrogen-bond donors (Lipinski definition) is 1. The van der Waals surface area contributed by atoms with E-state index in [2.05, 4.69) is 18.9 Å². The van der Waals surface area contributed by atoms with Crippen LogP contribution in [0.15, 0.2) is 24.4 Å². The van der Waals surface area contributed by atoms with Crippen LogP contribution in [-0.2, 0) is 13.6 Å². The van der Waals surface area contributed by atoms with Crippen molar-refractivity contribution in [2.75, 3.05) is 0 Å². The van der Waals surface area contributed by atoms with Crippen molar-refractivity contribution >= 4 is 0 Å². The number of hydrogen-bond acceptors (Lipinski definition) is 2. The molecule has 0 saturated heterocycles. The quantitative estimate of drug-likeness (QED) is 0.906. The minimum Gasteiger partial charge on any atom is -0.326 e. The SMILES string of the molecule is CC(C)c1nn(C)cc1-c1cc(CN)ccc1F. The monoisotopic (exact) mass is 247 g/mol. The van der Waals surface area contributed by atoms with E-state index in [1.54, 1.807) is 16.8 Å². The number of halogens is 1. The fourth-order valence-electron chi connectivity index (χ4n) is 2.05. The fraction of sp³-hybridized carbons (Fsp3) is 0.357. The first-order valence-electron chi connectivity index (χ1n) is 6.05. The van der Waals surface area contributed by atoms with Crippen LogP contribution in [0.5, 0.6) is 0 Å². The molecule has 0 atom stereocenters. The highest BCUT2D eigenvalue weighted by molar-refractivity contribution is 5.67. The summed E-state index contributed by atoms with van der Waals surface area (Å²) < 4.78 is 15.7. The first kappa shape index (κ1) is 12.8. The Morgan fingerprint density at radius 2 is 2.06 bits per heavy atom. The van der Waals surface area contributed by atoms with Crippen LogP contribution in [0.1, 0.15) is 31.0 Å². The summed E-state index contributed by atoms with van der Waals surface area (Å²) in [4.78, 5) is 0. The second kappa shape index (κ2) is 4.90. The molecule has 18 heavy (non-hydrogen) atoms. The zero-order valence-corrected chi connectivity index (χ0v) is 10.9. The normalized spacial score (nSPS) is 11.2. The molecule has 0 unspecified atom stereocenters. The minimum atomic E-state index is -0.234. The molecular formula is C14H18FN3. The molecule has 96 valence electrons. The Bertz CT molecular complexity index is 558. The number of benzene rings is 1. The van der Waals surface area contributed by atoms with Gasteiger partial charge in [-0.2, -0.15) is 5.10 Å². The lowest BCUT2D eigenvalue weighted by Crippen LogP contribution is -1.98. The average molecular weight is 247 g/mol. The van der Waals surface area contributed by atoms with E-state index in [4.69, 9.17) is 5.73 Å². The summed E-state index contributed by atoms with van der Waals surface area (Å²) in [6, 6.07) is 4.98. The summed E-state index contributed by atoms with van der Waals surface area (Å²) in [5.74, 6) is 0.0178. The van der Waals surface area contributed by atoms with Crippen molar-refractivity contribution in [2.24, 2.45) is 12.8 Å². The van der Waals surface area contributed by atoms with Gasteiger partial charge in [-0.15, -0.1) is 0 Å². The topological polar surface area (TPSA) is 43.8 Å². The van der Waals surface area contributed by atoms with E-state index in [0.29, 0.717) is 12.1 Å². The molecule has 0 amide bonds. The Labute approximate surface area is 106 Å². The molecule has 0 aliphatic heterocycles. The highest BCUT2D eigenvalue weighted by atomic mass is 19.1. The Hall–Kier alpha value is -1.68. The summed E-state index contributed by atoms with van der Waals surface area (Å²) in [5, 5.41) is 4.40. The fourth-order valence-corrected chi connectivity index (χ4v) is 2.05. The standard InChI is InChI=1S/C14H18FN3/c1-9(2)14-12(8-18(3)17-14)11-6-10(7-16)4-5-13(11)15/h4-6,8-9H,7,16H2,1-3H3. The molecule has 0 radical (unpaired) electrons. The van der Waals surface area contributed by atoms with Crippen LogP contribution < -0.4 is 5.73 Å². The maximum atomic E-state index is 14.0. The van der Waals surface area contributed by atoms with Gasteiger partial charge < -0.3 is 5.73 Å². The van der Waals surface area contributed by atoms with Crippen molar-refractivity contribution in [3.63, 3.8) is 0 Å². The number of aryl methyl sites for hydroxylation is 1. The molecule has 3 nitrogen and oxygen atoms in total. The summed E-state index contributed by atoms with van der Waals surface area (Å²) in [5.41, 5.74) is 8.86. The first-order chi connectivity index (χ1) is 8.52. The second-order valence-electron chi connectivity index (χ2n) is 4.77. The van der Waals surface area contributed by atoms with E-state index in [0.717, 1.165) is 16.8 Å². The molecule has 1 heterocycles. The summed E-state index contributed by atoms with van der Waals surface area (Å²) in [6.07, 6.45) is 1.86. The van der Waals surface area contributed by atoms with E-state index in [9.17, 15) is 4.39 Å². The van der Waals surface area contributed by atoms with Crippen LogP contribution in [0.4, 0.5) is 4.39 Å². The highest BCUT2D eigenvalue weighted by Crippen LogP contribution is 2.30. The Kier molecular flexibility index (Phi) is 3.48. The van der Waals surface area contributed by atoms with Crippen LogP contribution in [0.2, 0.25) is 0 Å². The van der Waals surface area contributed by atoms with Gasteiger partial charge in [0.1, 0.15) is 5.82 Å². The number of nitrogens with zero attached hydrogens (tertiary/aromatic N) is 2. The molecule has 0 aliphatic carbocycles. The van der Waals surface area contributed by atoms with E-state index in [1.807, 2.05) is 13.2 Å². The summed E-state index contributed by atoms with van der Waals surface area (Å²) in [7, 11) is 1.85. The van der Waals surface area contributed by atoms with Crippen molar-refractivity contribution in [2.45, 2.75) is 26.3 Å². The number of aromatic nitrogens is 2. The van der Waals surface area contributed by atoms with Crippen LogP contribution in [0.25, 0.3) is 11.1 Å². The summed E-state index contributed by atoms with van der Waals surface area (Å²) in [6.45, 7) is 4.51. The smallest absolute Gasteiger partial charge is 0.131 e. The summed E-state index contributed by atoms with van der Waals surface area (Å²) >= 11 is 0. The van der Waals surface area contributed by atoms with Gasteiger partial charge >= 0.3 is 0 Å². The molecule has 1 aromatic carbocycles. The average Bonchev–Trinajstić information content (AvgIpc) is 2.72. The van der Waals surface area contributed by atoms with Crippen molar-refractivity contribution in [1.29, 1.82) is 0 Å². The zero-order valence-electron chi connectivity index (χ0n) is 10.9. The van der Waals surface area contributed by atoms with E-state index in [-0.39, 0.29) is 11.7 Å². The maximum absolute atomic E-state index is 14.0. The largest absolute Gasteiger partial charge is 0.326 e. The van der Waals surface area contributed by atoms with E-state index < -0.39 is 0 Å². The predicted molar refractivity (Wildman–Crippen MR) is 70.6 cm³/mol. The molecule has 2 N–H and O–H groups in total. The first-order valence-corrected chi connectivity index (χ1v) is 6.05. The lowest BCUT2D eigenvalue weighted by atomic mass is 9.98. The van der Waals surface area contributed by atoms with Gasteiger partial charge in [-0.05, 0) is 23.6 Å².